The molecule has 108 valence electrons. The van der Waals surface area contributed by atoms with Gasteiger partial charge in [0, 0.05) is 28.4 Å². The Kier molecular flexibility index (Phi) is 3.00. The van der Waals surface area contributed by atoms with Crippen LogP contribution in [-0.4, -0.2) is 4.57 Å². The molecule has 3 aromatic carbocycles. The van der Waals surface area contributed by atoms with E-state index in [0.29, 0.717) is 0 Å². The third-order valence-electron chi connectivity index (χ3n) is 4.54. The van der Waals surface area contributed by atoms with Gasteiger partial charge in [-0.1, -0.05) is 48.5 Å². The molecule has 0 N–H and O–H groups in total. The molecule has 0 saturated heterocycles. The van der Waals surface area contributed by atoms with E-state index in [1.807, 2.05) is 0 Å². The predicted molar refractivity (Wildman–Crippen MR) is 95.3 cm³/mol. The minimum atomic E-state index is 0.994. The molecular weight excluding hydrogens is 266 g/mol. The second-order valence-electron chi connectivity index (χ2n) is 5.81. The highest BCUT2D eigenvalue weighted by molar-refractivity contribution is 6.09. The van der Waals surface area contributed by atoms with Crippen LogP contribution in [0.3, 0.4) is 0 Å². The zero-order valence-electron chi connectivity index (χ0n) is 13.0. The van der Waals surface area contributed by atoms with Crippen molar-refractivity contribution in [3.8, 4) is 11.1 Å². The van der Waals surface area contributed by atoms with Gasteiger partial charge in [-0.3, -0.25) is 0 Å². The number of hydrogen-bond donors (Lipinski definition) is 0. The van der Waals surface area contributed by atoms with E-state index in [-0.39, 0.29) is 0 Å². The Morgan fingerprint density at radius 2 is 1.50 bits per heavy atom. The van der Waals surface area contributed by atoms with Crippen LogP contribution in [0.1, 0.15) is 12.5 Å². The number of aromatic nitrogens is 1. The molecule has 1 heteroatoms. The monoisotopic (exact) mass is 285 g/mol. The van der Waals surface area contributed by atoms with Gasteiger partial charge in [-0.2, -0.15) is 0 Å². The first kappa shape index (κ1) is 13.1. The summed E-state index contributed by atoms with van der Waals surface area (Å²) in [6, 6.07) is 24.1. The Hall–Kier alpha value is -2.54. The maximum atomic E-state index is 2.40. The van der Waals surface area contributed by atoms with E-state index < -0.39 is 0 Å². The van der Waals surface area contributed by atoms with Crippen molar-refractivity contribution in [3.63, 3.8) is 0 Å². The van der Waals surface area contributed by atoms with Gasteiger partial charge < -0.3 is 4.57 Å². The summed E-state index contributed by atoms with van der Waals surface area (Å²) >= 11 is 0. The van der Waals surface area contributed by atoms with E-state index in [1.54, 1.807) is 0 Å². The number of nitrogens with zero attached hydrogens (tertiary/aromatic N) is 1. The number of hydrogen-bond acceptors (Lipinski definition) is 0. The Balaban J connectivity index is 2.06. The minimum absolute atomic E-state index is 0.994. The van der Waals surface area contributed by atoms with Crippen molar-refractivity contribution >= 4 is 21.8 Å². The fraction of sp³-hybridized carbons (Fsp3) is 0.143. The van der Waals surface area contributed by atoms with Gasteiger partial charge in [0.15, 0.2) is 0 Å². The average Bonchev–Trinajstić information content (AvgIpc) is 2.88. The molecule has 1 aromatic heterocycles. The number of benzene rings is 3. The van der Waals surface area contributed by atoms with Crippen LogP contribution in [0.2, 0.25) is 0 Å². The van der Waals surface area contributed by atoms with E-state index in [9.17, 15) is 0 Å². The normalized spacial score (nSPS) is 11.4. The smallest absolute Gasteiger partial charge is 0.0491 e. The molecule has 0 saturated carbocycles. The molecule has 0 bridgehead atoms. The van der Waals surface area contributed by atoms with Gasteiger partial charge in [-0.15, -0.1) is 0 Å². The Morgan fingerprint density at radius 1 is 0.773 bits per heavy atom. The summed E-state index contributed by atoms with van der Waals surface area (Å²) in [7, 11) is 0. The first-order valence-corrected chi connectivity index (χ1v) is 7.86. The summed E-state index contributed by atoms with van der Waals surface area (Å²) in [4.78, 5) is 0. The average molecular weight is 285 g/mol. The van der Waals surface area contributed by atoms with Crippen molar-refractivity contribution < 1.29 is 0 Å². The molecule has 4 aromatic rings. The molecule has 0 spiro atoms. The van der Waals surface area contributed by atoms with E-state index in [0.717, 1.165) is 6.54 Å². The Morgan fingerprint density at radius 3 is 2.32 bits per heavy atom. The van der Waals surface area contributed by atoms with E-state index in [2.05, 4.69) is 85.1 Å². The van der Waals surface area contributed by atoms with Gasteiger partial charge in [0.2, 0.25) is 0 Å². The molecule has 1 nitrogen and oxygen atoms in total. The maximum Gasteiger partial charge on any atom is 0.0491 e. The van der Waals surface area contributed by atoms with Crippen molar-refractivity contribution in [2.24, 2.45) is 0 Å². The van der Waals surface area contributed by atoms with Crippen LogP contribution in [0.15, 0.2) is 66.7 Å². The van der Waals surface area contributed by atoms with E-state index >= 15 is 0 Å². The summed E-state index contributed by atoms with van der Waals surface area (Å²) < 4.78 is 2.40. The lowest BCUT2D eigenvalue weighted by molar-refractivity contribution is 0.827. The summed E-state index contributed by atoms with van der Waals surface area (Å²) in [5.74, 6) is 0. The number of aryl methyl sites for hydroxylation is 2. The first-order chi connectivity index (χ1) is 10.8. The van der Waals surface area contributed by atoms with E-state index in [4.69, 9.17) is 0 Å². The minimum Gasteiger partial charge on any atom is -0.341 e. The highest BCUT2D eigenvalue weighted by Gasteiger charge is 2.10. The highest BCUT2D eigenvalue weighted by atomic mass is 15.0. The van der Waals surface area contributed by atoms with Crippen LogP contribution in [-0.2, 0) is 6.54 Å². The molecule has 4 rings (SSSR count). The molecule has 1 heterocycles. The standard InChI is InChI=1S/C21H19N/c1-3-22-20-11-7-6-10-18(20)19-14-16(12-13-21(19)22)17-9-5-4-8-15(17)2/h4-14H,3H2,1-2H3. The third kappa shape index (κ3) is 1.86. The highest BCUT2D eigenvalue weighted by Crippen LogP contribution is 2.33. The van der Waals surface area contributed by atoms with Gasteiger partial charge in [0.1, 0.15) is 0 Å². The second kappa shape index (κ2) is 5.03. The van der Waals surface area contributed by atoms with Crippen LogP contribution < -0.4 is 0 Å². The Bertz CT molecular complexity index is 976. The molecule has 0 atom stereocenters. The van der Waals surface area contributed by atoms with Crippen molar-refractivity contribution in [3.05, 3.63) is 72.3 Å². The molecule has 0 aliphatic rings. The Labute approximate surface area is 130 Å². The number of fused-ring (bicyclic) bond motifs is 3. The maximum absolute atomic E-state index is 2.40. The van der Waals surface area contributed by atoms with Crippen LogP contribution in [0.25, 0.3) is 32.9 Å². The third-order valence-corrected chi connectivity index (χ3v) is 4.54. The summed E-state index contributed by atoms with van der Waals surface area (Å²) in [5, 5.41) is 2.69. The van der Waals surface area contributed by atoms with E-state index in [1.165, 1.54) is 38.5 Å². The molecule has 0 amide bonds. The molecule has 0 aliphatic heterocycles. The molecule has 0 unspecified atom stereocenters. The first-order valence-electron chi connectivity index (χ1n) is 7.86. The van der Waals surface area contributed by atoms with Crippen molar-refractivity contribution in [2.75, 3.05) is 0 Å². The lowest BCUT2D eigenvalue weighted by Crippen LogP contribution is -1.92. The number of rotatable bonds is 2. The summed E-state index contributed by atoms with van der Waals surface area (Å²) in [5.41, 5.74) is 6.58. The molecule has 0 fully saturated rings. The van der Waals surface area contributed by atoms with Gasteiger partial charge in [0.05, 0.1) is 0 Å². The van der Waals surface area contributed by atoms with Crippen LogP contribution >= 0.6 is 0 Å². The van der Waals surface area contributed by atoms with Crippen molar-refractivity contribution in [1.82, 2.24) is 4.57 Å². The lowest BCUT2D eigenvalue weighted by atomic mass is 9.99. The lowest BCUT2D eigenvalue weighted by Gasteiger charge is -2.07. The van der Waals surface area contributed by atoms with Gasteiger partial charge in [0.25, 0.3) is 0 Å². The van der Waals surface area contributed by atoms with Crippen LogP contribution in [0.4, 0.5) is 0 Å². The van der Waals surface area contributed by atoms with Crippen molar-refractivity contribution in [1.29, 1.82) is 0 Å². The fourth-order valence-electron chi connectivity index (χ4n) is 3.46. The van der Waals surface area contributed by atoms with Crippen LogP contribution in [0.5, 0.6) is 0 Å². The predicted octanol–water partition coefficient (Wildman–Crippen LogP) is 5.79. The molecule has 0 aliphatic carbocycles. The zero-order valence-corrected chi connectivity index (χ0v) is 13.0. The zero-order chi connectivity index (χ0) is 15.1. The molecule has 0 radical (unpaired) electrons. The summed E-state index contributed by atoms with van der Waals surface area (Å²) in [6.07, 6.45) is 0. The topological polar surface area (TPSA) is 4.93 Å². The fourth-order valence-corrected chi connectivity index (χ4v) is 3.46. The van der Waals surface area contributed by atoms with Gasteiger partial charge in [-0.05, 0) is 48.7 Å². The van der Waals surface area contributed by atoms with Gasteiger partial charge >= 0.3 is 0 Å². The SMILES string of the molecule is CCn1c2ccccc2c2cc(-c3ccccc3C)ccc21. The molecule has 22 heavy (non-hydrogen) atoms. The second-order valence-corrected chi connectivity index (χ2v) is 5.81. The summed E-state index contributed by atoms with van der Waals surface area (Å²) in [6.45, 7) is 5.38. The number of para-hydroxylation sites is 1. The molecular formula is C21H19N. The largest absolute Gasteiger partial charge is 0.341 e. The van der Waals surface area contributed by atoms with Crippen molar-refractivity contribution in [2.45, 2.75) is 20.4 Å². The van der Waals surface area contributed by atoms with Gasteiger partial charge in [-0.25, -0.2) is 0 Å². The quantitative estimate of drug-likeness (QED) is 0.439. The van der Waals surface area contributed by atoms with Crippen LogP contribution in [0, 0.1) is 6.92 Å².